The Morgan fingerprint density at radius 2 is 1.16 bits per heavy atom. The van der Waals surface area contributed by atoms with Crippen molar-refractivity contribution >= 4 is 65.0 Å². The zero-order chi connectivity index (χ0) is 25.9. The van der Waals surface area contributed by atoms with Crippen LogP contribution in [0.25, 0.3) is 65.0 Å². The van der Waals surface area contributed by atoms with E-state index in [2.05, 4.69) is 103 Å². The third kappa shape index (κ3) is 3.16. The summed E-state index contributed by atoms with van der Waals surface area (Å²) in [6, 6.07) is 20.5. The maximum Gasteiger partial charge on any atom is 0.116 e. The molecule has 0 radical (unpaired) electrons. The summed E-state index contributed by atoms with van der Waals surface area (Å²) in [4.78, 5) is 14.7. The number of fused-ring (bicyclic) bond motifs is 7. The molecule has 0 unspecified atom stereocenters. The van der Waals surface area contributed by atoms with Crippen molar-refractivity contribution in [2.24, 2.45) is 0 Å². The van der Waals surface area contributed by atoms with E-state index in [0.717, 1.165) is 38.4 Å². The Balaban J connectivity index is 1.82. The second kappa shape index (κ2) is 7.13. The summed E-state index contributed by atoms with van der Waals surface area (Å²) in [5, 5.41) is 10.9. The van der Waals surface area contributed by atoms with Crippen molar-refractivity contribution in [1.29, 1.82) is 0 Å². The minimum Gasteiger partial charge on any atom is -0.253 e. The molecule has 2 aromatic heterocycles. The number of benzene rings is 5. The summed E-state index contributed by atoms with van der Waals surface area (Å²) < 4.78 is 0. The molecule has 0 bridgehead atoms. The number of hydrogen-bond donors (Lipinski definition) is 0. The molecule has 37 heavy (non-hydrogen) atoms. The Morgan fingerprint density at radius 3 is 1.84 bits per heavy atom. The quantitative estimate of drug-likeness (QED) is 0.160. The highest BCUT2D eigenvalue weighted by Gasteiger charge is 2.24. The molecular formula is C34H31N3. The smallest absolute Gasteiger partial charge is 0.116 e. The number of aromatic nitrogens is 3. The first-order valence-corrected chi connectivity index (χ1v) is 13.1. The molecule has 0 amide bonds. The van der Waals surface area contributed by atoms with Crippen molar-refractivity contribution in [3.8, 4) is 0 Å². The van der Waals surface area contributed by atoms with Crippen molar-refractivity contribution < 1.29 is 0 Å². The predicted molar refractivity (Wildman–Crippen MR) is 158 cm³/mol. The summed E-state index contributed by atoms with van der Waals surface area (Å²) >= 11 is 0. The van der Waals surface area contributed by atoms with Crippen LogP contribution in [0.15, 0.2) is 60.9 Å². The van der Waals surface area contributed by atoms with Crippen molar-refractivity contribution in [2.75, 3.05) is 0 Å². The van der Waals surface area contributed by atoms with Crippen LogP contribution in [-0.4, -0.2) is 15.0 Å². The molecule has 0 saturated heterocycles. The first-order chi connectivity index (χ1) is 17.5. The molecule has 0 saturated carbocycles. The van der Waals surface area contributed by atoms with E-state index in [9.17, 15) is 0 Å². The number of rotatable bonds is 0. The molecule has 0 aliphatic heterocycles. The van der Waals surface area contributed by atoms with E-state index in [1.54, 1.807) is 6.33 Å². The SMILES string of the molecule is Cc1ccc2cc3c(cc2n1)c1cc(C(C)(C)C)cc2c4cc(C(C)(C)C)ccc4c4ncnc3c4c21. The Labute approximate surface area is 216 Å². The topological polar surface area (TPSA) is 38.7 Å². The summed E-state index contributed by atoms with van der Waals surface area (Å²) in [5.74, 6) is 0. The Kier molecular flexibility index (Phi) is 4.31. The molecule has 2 heterocycles. The van der Waals surface area contributed by atoms with E-state index in [4.69, 9.17) is 15.0 Å². The number of aryl methyl sites for hydroxylation is 1. The Hall–Kier alpha value is -3.85. The lowest BCUT2D eigenvalue weighted by Crippen LogP contribution is -2.12. The van der Waals surface area contributed by atoms with Gasteiger partial charge in [0.1, 0.15) is 6.33 Å². The van der Waals surface area contributed by atoms with Gasteiger partial charge in [0.15, 0.2) is 0 Å². The molecule has 0 aliphatic carbocycles. The maximum atomic E-state index is 4.89. The Bertz CT molecular complexity index is 2050. The molecule has 3 heteroatoms. The van der Waals surface area contributed by atoms with Crippen molar-refractivity contribution in [3.63, 3.8) is 0 Å². The zero-order valence-corrected chi connectivity index (χ0v) is 22.6. The second-order valence-corrected chi connectivity index (χ2v) is 12.7. The van der Waals surface area contributed by atoms with Crippen molar-refractivity contribution in [3.05, 3.63) is 77.7 Å². The molecule has 7 rings (SSSR count). The third-order valence-corrected chi connectivity index (χ3v) is 8.05. The van der Waals surface area contributed by atoms with Gasteiger partial charge in [-0.1, -0.05) is 59.7 Å². The number of pyridine rings is 1. The highest BCUT2D eigenvalue weighted by Crippen LogP contribution is 2.46. The fourth-order valence-corrected chi connectivity index (χ4v) is 5.93. The van der Waals surface area contributed by atoms with Crippen molar-refractivity contribution in [2.45, 2.75) is 59.3 Å². The highest BCUT2D eigenvalue weighted by molar-refractivity contribution is 6.39. The van der Waals surface area contributed by atoms with E-state index < -0.39 is 0 Å². The van der Waals surface area contributed by atoms with Gasteiger partial charge in [0, 0.05) is 32.6 Å². The molecule has 0 atom stereocenters. The average molecular weight is 482 g/mol. The van der Waals surface area contributed by atoms with E-state index in [0.29, 0.717) is 0 Å². The lowest BCUT2D eigenvalue weighted by molar-refractivity contribution is 0.590. The van der Waals surface area contributed by atoms with Crippen LogP contribution in [0.5, 0.6) is 0 Å². The molecule has 7 aromatic rings. The molecular weight excluding hydrogens is 450 g/mol. The number of hydrogen-bond acceptors (Lipinski definition) is 3. The zero-order valence-electron chi connectivity index (χ0n) is 22.6. The lowest BCUT2D eigenvalue weighted by atomic mass is 9.80. The van der Waals surface area contributed by atoms with Crippen LogP contribution in [0.4, 0.5) is 0 Å². The van der Waals surface area contributed by atoms with Crippen LogP contribution < -0.4 is 0 Å². The van der Waals surface area contributed by atoms with E-state index >= 15 is 0 Å². The first kappa shape index (κ1) is 22.4. The normalized spacial score (nSPS) is 13.3. The highest BCUT2D eigenvalue weighted by atomic mass is 14.8. The van der Waals surface area contributed by atoms with Gasteiger partial charge >= 0.3 is 0 Å². The van der Waals surface area contributed by atoms with Crippen LogP contribution >= 0.6 is 0 Å². The minimum atomic E-state index is 0.00687. The summed E-state index contributed by atoms with van der Waals surface area (Å²) in [7, 11) is 0. The molecule has 182 valence electrons. The summed E-state index contributed by atoms with van der Waals surface area (Å²) in [6.45, 7) is 15.8. The predicted octanol–water partition coefficient (Wildman–Crippen LogP) is 9.13. The van der Waals surface area contributed by atoms with E-state index in [-0.39, 0.29) is 10.8 Å². The van der Waals surface area contributed by atoms with Crippen LogP contribution in [0.2, 0.25) is 0 Å². The summed E-state index contributed by atoms with van der Waals surface area (Å²) in [5.41, 5.74) is 6.84. The molecule has 0 N–H and O–H groups in total. The summed E-state index contributed by atoms with van der Waals surface area (Å²) in [6.07, 6.45) is 1.73. The number of nitrogens with zero attached hydrogens (tertiary/aromatic N) is 3. The van der Waals surface area contributed by atoms with E-state index in [1.807, 2.05) is 0 Å². The fraction of sp³-hybridized carbons (Fsp3) is 0.265. The van der Waals surface area contributed by atoms with Crippen molar-refractivity contribution in [1.82, 2.24) is 15.0 Å². The van der Waals surface area contributed by atoms with Crippen LogP contribution in [-0.2, 0) is 10.8 Å². The molecule has 5 aromatic carbocycles. The monoisotopic (exact) mass is 481 g/mol. The van der Waals surface area contributed by atoms with Crippen LogP contribution in [0, 0.1) is 6.92 Å². The van der Waals surface area contributed by atoms with Gasteiger partial charge in [0.2, 0.25) is 0 Å². The van der Waals surface area contributed by atoms with Gasteiger partial charge in [-0.2, -0.15) is 0 Å². The first-order valence-electron chi connectivity index (χ1n) is 13.1. The van der Waals surface area contributed by atoms with Gasteiger partial charge < -0.3 is 0 Å². The average Bonchev–Trinajstić information content (AvgIpc) is 2.85. The third-order valence-electron chi connectivity index (χ3n) is 8.05. The molecule has 0 aliphatic rings. The standard InChI is InChI=1S/C34H31N3/c1-18-8-9-19-12-27-24(16-28(19)37-18)26-15-21(34(5,6)7)14-25-23-13-20(33(2,3)4)10-11-22(23)31-30(29(25)26)32(27)36-17-35-31/h8-17H,1-7H3. The van der Waals surface area contributed by atoms with Gasteiger partial charge in [-0.15, -0.1) is 0 Å². The van der Waals surface area contributed by atoms with Crippen LogP contribution in [0.1, 0.15) is 58.4 Å². The fourth-order valence-electron chi connectivity index (χ4n) is 5.93. The lowest BCUT2D eigenvalue weighted by Gasteiger charge is -2.24. The molecule has 3 nitrogen and oxygen atoms in total. The van der Waals surface area contributed by atoms with E-state index in [1.165, 1.54) is 43.4 Å². The minimum absolute atomic E-state index is 0.00687. The second-order valence-electron chi connectivity index (χ2n) is 12.7. The largest absolute Gasteiger partial charge is 0.253 e. The maximum absolute atomic E-state index is 4.89. The van der Waals surface area contributed by atoms with Gasteiger partial charge in [-0.05, 0) is 86.8 Å². The van der Waals surface area contributed by atoms with Gasteiger partial charge in [-0.25, -0.2) is 9.97 Å². The molecule has 0 fully saturated rings. The van der Waals surface area contributed by atoms with Gasteiger partial charge in [0.25, 0.3) is 0 Å². The van der Waals surface area contributed by atoms with Gasteiger partial charge in [-0.3, -0.25) is 4.98 Å². The van der Waals surface area contributed by atoms with Gasteiger partial charge in [0.05, 0.1) is 16.6 Å². The molecule has 0 spiro atoms. The Morgan fingerprint density at radius 1 is 0.541 bits per heavy atom. The van der Waals surface area contributed by atoms with Crippen LogP contribution in [0.3, 0.4) is 0 Å².